The fourth-order valence-corrected chi connectivity index (χ4v) is 4.91. The summed E-state index contributed by atoms with van der Waals surface area (Å²) in [6.07, 6.45) is 6.16. The van der Waals surface area contributed by atoms with Gasteiger partial charge in [-0.1, -0.05) is 30.3 Å². The maximum Gasteiger partial charge on any atom is 0.161 e. The number of benzene rings is 1. The van der Waals surface area contributed by atoms with Gasteiger partial charge in [0, 0.05) is 10.9 Å². The van der Waals surface area contributed by atoms with Crippen molar-refractivity contribution in [1.29, 1.82) is 0 Å². The molecular formula is C19H17N5S. The summed E-state index contributed by atoms with van der Waals surface area (Å²) < 4.78 is 0.977. The van der Waals surface area contributed by atoms with Crippen molar-refractivity contribution in [3.8, 4) is 11.3 Å². The quantitative estimate of drug-likeness (QED) is 0.422. The molecule has 3 heterocycles. The summed E-state index contributed by atoms with van der Waals surface area (Å²) >= 11 is 1.62. The number of nitrogen functional groups attached to an aromatic ring is 1. The second-order valence-electron chi connectivity index (χ2n) is 6.32. The Balaban J connectivity index is 1.91. The van der Waals surface area contributed by atoms with Crippen LogP contribution in [0, 0.1) is 0 Å². The molecule has 0 spiro atoms. The Morgan fingerprint density at radius 3 is 2.60 bits per heavy atom. The average Bonchev–Trinajstić information content (AvgIpc) is 3.07. The number of anilines is 1. The molecule has 0 radical (unpaired) electrons. The maximum absolute atomic E-state index is 5.64. The predicted molar refractivity (Wildman–Crippen MR) is 103 cm³/mol. The topological polar surface area (TPSA) is 76.7 Å². The molecule has 0 amide bonds. The lowest BCUT2D eigenvalue weighted by Crippen LogP contribution is -2.08. The van der Waals surface area contributed by atoms with Gasteiger partial charge < -0.3 is 5.43 Å². The third kappa shape index (κ3) is 2.22. The van der Waals surface area contributed by atoms with Gasteiger partial charge in [0.05, 0.1) is 15.9 Å². The molecule has 5 rings (SSSR count). The molecule has 0 atom stereocenters. The zero-order valence-electron chi connectivity index (χ0n) is 13.6. The standard InChI is InChI=1S/C19H17N5S/c20-24-18-17-16(21-10-22-18)14-12-8-4-5-9-13(12)15(23-19(14)25-17)11-6-2-1-3-7-11/h1-3,6-7,10H,4-5,8-9,20H2,(H,21,22,24). The van der Waals surface area contributed by atoms with E-state index in [-0.39, 0.29) is 0 Å². The normalized spacial score (nSPS) is 14.0. The Bertz CT molecular complexity index is 1090. The average molecular weight is 347 g/mol. The van der Waals surface area contributed by atoms with Gasteiger partial charge in [-0.25, -0.2) is 20.8 Å². The molecule has 5 nitrogen and oxygen atoms in total. The second kappa shape index (κ2) is 5.75. The van der Waals surface area contributed by atoms with Crippen molar-refractivity contribution in [1.82, 2.24) is 15.0 Å². The number of rotatable bonds is 2. The molecule has 3 aromatic heterocycles. The van der Waals surface area contributed by atoms with Crippen LogP contribution in [0.1, 0.15) is 24.0 Å². The zero-order valence-corrected chi connectivity index (χ0v) is 14.4. The minimum atomic E-state index is 0.666. The first kappa shape index (κ1) is 14.7. The number of hydrazine groups is 1. The molecule has 1 aromatic carbocycles. The molecule has 0 saturated carbocycles. The van der Waals surface area contributed by atoms with Crippen LogP contribution in [-0.4, -0.2) is 15.0 Å². The van der Waals surface area contributed by atoms with Crippen molar-refractivity contribution in [3.05, 3.63) is 47.8 Å². The van der Waals surface area contributed by atoms with Gasteiger partial charge in [0.25, 0.3) is 0 Å². The molecule has 25 heavy (non-hydrogen) atoms. The molecular weight excluding hydrogens is 330 g/mol. The highest BCUT2D eigenvalue weighted by molar-refractivity contribution is 7.26. The first-order chi connectivity index (χ1) is 12.4. The van der Waals surface area contributed by atoms with E-state index in [2.05, 4.69) is 39.7 Å². The number of pyridine rings is 1. The number of aromatic nitrogens is 3. The lowest BCUT2D eigenvalue weighted by molar-refractivity contribution is 0.689. The molecule has 0 bridgehead atoms. The van der Waals surface area contributed by atoms with Crippen LogP contribution < -0.4 is 11.3 Å². The van der Waals surface area contributed by atoms with Gasteiger partial charge in [-0.05, 0) is 36.8 Å². The lowest BCUT2D eigenvalue weighted by Gasteiger charge is -2.20. The third-order valence-electron chi connectivity index (χ3n) is 4.91. The first-order valence-electron chi connectivity index (χ1n) is 8.48. The van der Waals surface area contributed by atoms with Crippen LogP contribution in [0.5, 0.6) is 0 Å². The largest absolute Gasteiger partial charge is 0.307 e. The van der Waals surface area contributed by atoms with Crippen LogP contribution in [0.2, 0.25) is 0 Å². The molecule has 124 valence electrons. The molecule has 1 aliphatic carbocycles. The summed E-state index contributed by atoms with van der Waals surface area (Å²) in [5, 5.41) is 1.19. The number of nitrogens with one attached hydrogen (secondary N) is 1. The summed E-state index contributed by atoms with van der Waals surface area (Å²) in [5.74, 6) is 6.31. The Labute approximate surface area is 148 Å². The van der Waals surface area contributed by atoms with E-state index in [1.165, 1.54) is 34.9 Å². The van der Waals surface area contributed by atoms with Gasteiger partial charge in [-0.3, -0.25) is 0 Å². The Kier molecular flexibility index (Phi) is 3.39. The Hall–Kier alpha value is -2.57. The number of nitrogens with two attached hydrogens (primary N) is 1. The summed E-state index contributed by atoms with van der Waals surface area (Å²) in [6.45, 7) is 0. The van der Waals surface area contributed by atoms with Gasteiger partial charge in [0.15, 0.2) is 5.82 Å². The maximum atomic E-state index is 5.64. The first-order valence-corrected chi connectivity index (χ1v) is 9.29. The highest BCUT2D eigenvalue weighted by atomic mass is 32.1. The van der Waals surface area contributed by atoms with Gasteiger partial charge in [0.2, 0.25) is 0 Å². The minimum Gasteiger partial charge on any atom is -0.307 e. The van der Waals surface area contributed by atoms with E-state index in [1.54, 1.807) is 17.7 Å². The van der Waals surface area contributed by atoms with Crippen molar-refractivity contribution in [2.75, 3.05) is 5.43 Å². The Morgan fingerprint density at radius 2 is 1.80 bits per heavy atom. The van der Waals surface area contributed by atoms with Crippen molar-refractivity contribution in [3.63, 3.8) is 0 Å². The molecule has 0 unspecified atom stereocenters. The van der Waals surface area contributed by atoms with E-state index in [0.717, 1.165) is 33.6 Å². The zero-order chi connectivity index (χ0) is 16.8. The highest BCUT2D eigenvalue weighted by Crippen LogP contribution is 2.42. The highest BCUT2D eigenvalue weighted by Gasteiger charge is 2.23. The van der Waals surface area contributed by atoms with Gasteiger partial charge in [-0.15, -0.1) is 11.3 Å². The fraction of sp³-hybridized carbons (Fsp3) is 0.211. The van der Waals surface area contributed by atoms with Crippen LogP contribution in [0.3, 0.4) is 0 Å². The minimum absolute atomic E-state index is 0.666. The summed E-state index contributed by atoms with van der Waals surface area (Å²) in [4.78, 5) is 14.9. The number of fused-ring (bicyclic) bond motifs is 5. The molecule has 0 aliphatic heterocycles. The van der Waals surface area contributed by atoms with Crippen LogP contribution in [0.15, 0.2) is 36.7 Å². The molecule has 1 aliphatic rings. The molecule has 3 N–H and O–H groups in total. The summed E-state index contributed by atoms with van der Waals surface area (Å²) in [5.41, 5.74) is 8.74. The number of nitrogens with zero attached hydrogens (tertiary/aromatic N) is 3. The molecule has 0 saturated heterocycles. The van der Waals surface area contributed by atoms with Crippen molar-refractivity contribution < 1.29 is 0 Å². The van der Waals surface area contributed by atoms with Crippen molar-refractivity contribution in [2.24, 2.45) is 5.84 Å². The Morgan fingerprint density at radius 1 is 1.00 bits per heavy atom. The van der Waals surface area contributed by atoms with Gasteiger partial charge >= 0.3 is 0 Å². The van der Waals surface area contributed by atoms with E-state index in [9.17, 15) is 0 Å². The molecule has 0 fully saturated rings. The number of aryl methyl sites for hydroxylation is 1. The third-order valence-corrected chi connectivity index (χ3v) is 5.99. The lowest BCUT2D eigenvalue weighted by atomic mass is 9.87. The smallest absolute Gasteiger partial charge is 0.161 e. The second-order valence-corrected chi connectivity index (χ2v) is 7.32. The van der Waals surface area contributed by atoms with E-state index < -0.39 is 0 Å². The molecule has 6 heteroatoms. The number of hydrogen-bond acceptors (Lipinski definition) is 6. The van der Waals surface area contributed by atoms with Crippen molar-refractivity contribution in [2.45, 2.75) is 25.7 Å². The summed E-state index contributed by atoms with van der Waals surface area (Å²) in [7, 11) is 0. The monoisotopic (exact) mass is 347 g/mol. The van der Waals surface area contributed by atoms with Crippen LogP contribution >= 0.6 is 11.3 Å². The fourth-order valence-electron chi connectivity index (χ4n) is 3.80. The van der Waals surface area contributed by atoms with Gasteiger partial charge in [0.1, 0.15) is 11.2 Å². The van der Waals surface area contributed by atoms with E-state index in [4.69, 9.17) is 10.8 Å². The van der Waals surface area contributed by atoms with Gasteiger partial charge in [-0.2, -0.15) is 0 Å². The SMILES string of the molecule is NNc1ncnc2c1sc1nc(-c3ccccc3)c3c(c12)CCCC3. The predicted octanol–water partition coefficient (Wildman–Crippen LogP) is 4.07. The van der Waals surface area contributed by atoms with E-state index >= 15 is 0 Å². The van der Waals surface area contributed by atoms with Crippen LogP contribution in [0.25, 0.3) is 31.7 Å². The summed E-state index contributed by atoms with van der Waals surface area (Å²) in [6, 6.07) is 10.5. The number of thiophene rings is 1. The molecule has 4 aromatic rings. The van der Waals surface area contributed by atoms with Crippen LogP contribution in [0.4, 0.5) is 5.82 Å². The van der Waals surface area contributed by atoms with E-state index in [0.29, 0.717) is 5.82 Å². The van der Waals surface area contributed by atoms with Crippen LogP contribution in [-0.2, 0) is 12.8 Å². The van der Waals surface area contributed by atoms with Crippen molar-refractivity contribution >= 4 is 37.6 Å². The van der Waals surface area contributed by atoms with E-state index in [1.807, 2.05) is 6.07 Å². The number of hydrogen-bond donors (Lipinski definition) is 2.